The van der Waals surface area contributed by atoms with Crippen molar-refractivity contribution in [3.63, 3.8) is 0 Å². The van der Waals surface area contributed by atoms with Crippen LogP contribution < -0.4 is 10.1 Å². The van der Waals surface area contributed by atoms with E-state index >= 15 is 0 Å². The first-order valence-electron chi connectivity index (χ1n) is 10.5. The van der Waals surface area contributed by atoms with Crippen LogP contribution in [-0.4, -0.2) is 31.1 Å². The van der Waals surface area contributed by atoms with E-state index in [1.807, 2.05) is 6.07 Å². The molecule has 150 valence electrons. The minimum atomic E-state index is 0.468. The van der Waals surface area contributed by atoms with Crippen LogP contribution in [0.5, 0.6) is 5.75 Å². The molecule has 3 aromatic carbocycles. The number of hydrogen-bond donors (Lipinski definition) is 1. The fraction of sp³-hybridized carbons (Fsp3) is 0.308. The van der Waals surface area contributed by atoms with Crippen LogP contribution in [0, 0.1) is 0 Å². The molecule has 0 aliphatic carbocycles. The van der Waals surface area contributed by atoms with Gasteiger partial charge in [-0.25, -0.2) is 0 Å². The Balaban J connectivity index is 1.46. The Bertz CT molecular complexity index is 881. The number of ether oxygens (including phenoxy) is 1. The largest absolute Gasteiger partial charge is 0.497 e. The summed E-state index contributed by atoms with van der Waals surface area (Å²) in [5.74, 6) is 1.40. The molecule has 0 amide bonds. The molecule has 4 rings (SSSR count). The zero-order chi connectivity index (χ0) is 19.9. The molecule has 2 unspecified atom stereocenters. The summed E-state index contributed by atoms with van der Waals surface area (Å²) in [6.07, 6.45) is 1.15. The highest BCUT2D eigenvalue weighted by molar-refractivity contribution is 5.29. The second kappa shape index (κ2) is 9.73. The summed E-state index contributed by atoms with van der Waals surface area (Å²) in [4.78, 5) is 2.59. The summed E-state index contributed by atoms with van der Waals surface area (Å²) in [5, 5.41) is 3.84. The lowest BCUT2D eigenvalue weighted by molar-refractivity contribution is 0.166. The molecule has 0 spiro atoms. The van der Waals surface area contributed by atoms with Gasteiger partial charge in [-0.15, -0.1) is 0 Å². The van der Waals surface area contributed by atoms with Crippen molar-refractivity contribution >= 4 is 0 Å². The second-order valence-electron chi connectivity index (χ2n) is 7.87. The SMILES string of the molecule is COc1cccc(CNC2CCN(Cc3ccccc3)CC2c2ccccc2)c1. The molecule has 1 heterocycles. The number of nitrogens with one attached hydrogen (secondary N) is 1. The normalized spacial score (nSPS) is 19.8. The van der Waals surface area contributed by atoms with Gasteiger partial charge in [0.1, 0.15) is 5.75 Å². The average molecular weight is 387 g/mol. The number of rotatable bonds is 7. The molecular formula is C26H30N2O. The highest BCUT2D eigenvalue weighted by Gasteiger charge is 2.30. The fourth-order valence-corrected chi connectivity index (χ4v) is 4.32. The Kier molecular flexibility index (Phi) is 6.60. The summed E-state index contributed by atoms with van der Waals surface area (Å²) in [7, 11) is 1.72. The summed E-state index contributed by atoms with van der Waals surface area (Å²) in [6.45, 7) is 4.08. The Labute approximate surface area is 174 Å². The Morgan fingerprint density at radius 3 is 2.38 bits per heavy atom. The van der Waals surface area contributed by atoms with E-state index in [-0.39, 0.29) is 0 Å². The van der Waals surface area contributed by atoms with Gasteiger partial charge in [0.05, 0.1) is 7.11 Å². The number of nitrogens with zero attached hydrogens (tertiary/aromatic N) is 1. The topological polar surface area (TPSA) is 24.5 Å². The molecule has 1 aliphatic heterocycles. The zero-order valence-corrected chi connectivity index (χ0v) is 17.1. The van der Waals surface area contributed by atoms with Crippen LogP contribution in [0.25, 0.3) is 0 Å². The number of benzene rings is 3. The quantitative estimate of drug-likeness (QED) is 0.629. The lowest BCUT2D eigenvalue weighted by Gasteiger charge is -2.39. The van der Waals surface area contributed by atoms with Gasteiger partial charge in [0.15, 0.2) is 0 Å². The van der Waals surface area contributed by atoms with E-state index in [4.69, 9.17) is 4.74 Å². The molecule has 0 saturated carbocycles. The Morgan fingerprint density at radius 2 is 1.62 bits per heavy atom. The predicted octanol–water partition coefficient (Wildman–Crippen LogP) is 4.84. The summed E-state index contributed by atoms with van der Waals surface area (Å²) < 4.78 is 5.37. The molecule has 1 fully saturated rings. The maximum atomic E-state index is 5.37. The first-order valence-corrected chi connectivity index (χ1v) is 10.5. The molecule has 3 nitrogen and oxygen atoms in total. The van der Waals surface area contributed by atoms with Gasteiger partial charge in [0.2, 0.25) is 0 Å². The smallest absolute Gasteiger partial charge is 0.119 e. The number of methoxy groups -OCH3 is 1. The van der Waals surface area contributed by atoms with Gasteiger partial charge in [-0.1, -0.05) is 72.8 Å². The van der Waals surface area contributed by atoms with Crippen LogP contribution in [0.15, 0.2) is 84.9 Å². The molecule has 2 atom stereocenters. The Hall–Kier alpha value is -2.62. The van der Waals surface area contributed by atoms with Gasteiger partial charge < -0.3 is 10.1 Å². The van der Waals surface area contributed by atoms with Crippen molar-refractivity contribution in [2.75, 3.05) is 20.2 Å². The number of likely N-dealkylation sites (tertiary alicyclic amines) is 1. The monoisotopic (exact) mass is 386 g/mol. The first-order chi connectivity index (χ1) is 14.3. The predicted molar refractivity (Wildman–Crippen MR) is 119 cm³/mol. The molecule has 1 N–H and O–H groups in total. The van der Waals surface area contributed by atoms with Crippen LogP contribution >= 0.6 is 0 Å². The lowest BCUT2D eigenvalue weighted by atomic mass is 9.85. The molecular weight excluding hydrogens is 356 g/mol. The molecule has 0 aromatic heterocycles. The lowest BCUT2D eigenvalue weighted by Crippen LogP contribution is -2.47. The molecule has 29 heavy (non-hydrogen) atoms. The van der Waals surface area contributed by atoms with Gasteiger partial charge >= 0.3 is 0 Å². The Morgan fingerprint density at radius 1 is 0.897 bits per heavy atom. The van der Waals surface area contributed by atoms with Gasteiger partial charge in [-0.2, -0.15) is 0 Å². The van der Waals surface area contributed by atoms with E-state index in [2.05, 4.69) is 89.1 Å². The van der Waals surface area contributed by atoms with E-state index in [0.717, 1.165) is 38.3 Å². The maximum Gasteiger partial charge on any atom is 0.119 e. The van der Waals surface area contributed by atoms with E-state index in [1.165, 1.54) is 16.7 Å². The van der Waals surface area contributed by atoms with E-state index in [1.54, 1.807) is 7.11 Å². The van der Waals surface area contributed by atoms with Crippen molar-refractivity contribution in [1.82, 2.24) is 10.2 Å². The third kappa shape index (κ3) is 5.26. The minimum absolute atomic E-state index is 0.468. The molecule has 3 heteroatoms. The second-order valence-corrected chi connectivity index (χ2v) is 7.87. The molecule has 1 aliphatic rings. The maximum absolute atomic E-state index is 5.37. The van der Waals surface area contributed by atoms with Crippen LogP contribution in [0.3, 0.4) is 0 Å². The van der Waals surface area contributed by atoms with E-state index in [0.29, 0.717) is 12.0 Å². The molecule has 3 aromatic rings. The average Bonchev–Trinajstić information content (AvgIpc) is 2.79. The minimum Gasteiger partial charge on any atom is -0.497 e. The standard InChI is InChI=1S/C26H30N2O/c1-29-24-14-8-11-22(17-24)18-27-26-15-16-28(19-21-9-4-2-5-10-21)20-25(26)23-12-6-3-7-13-23/h2-14,17,25-27H,15-16,18-20H2,1H3. The van der Waals surface area contributed by atoms with Crippen LogP contribution in [0.4, 0.5) is 0 Å². The molecule has 0 radical (unpaired) electrons. The molecule has 1 saturated heterocycles. The van der Waals surface area contributed by atoms with Crippen molar-refractivity contribution < 1.29 is 4.74 Å². The number of piperidine rings is 1. The van der Waals surface area contributed by atoms with Gasteiger partial charge in [-0.3, -0.25) is 4.90 Å². The highest BCUT2D eigenvalue weighted by Crippen LogP contribution is 2.29. The molecule has 0 bridgehead atoms. The van der Waals surface area contributed by atoms with Crippen LogP contribution in [0.2, 0.25) is 0 Å². The fourth-order valence-electron chi connectivity index (χ4n) is 4.32. The summed E-state index contributed by atoms with van der Waals surface area (Å²) in [5.41, 5.74) is 4.08. The zero-order valence-electron chi connectivity index (χ0n) is 17.1. The third-order valence-corrected chi connectivity index (χ3v) is 5.88. The first kappa shape index (κ1) is 19.7. The van der Waals surface area contributed by atoms with Gasteiger partial charge in [0, 0.05) is 38.1 Å². The van der Waals surface area contributed by atoms with Crippen molar-refractivity contribution in [3.05, 3.63) is 102 Å². The van der Waals surface area contributed by atoms with E-state index < -0.39 is 0 Å². The van der Waals surface area contributed by atoms with Crippen molar-refractivity contribution in [1.29, 1.82) is 0 Å². The van der Waals surface area contributed by atoms with Gasteiger partial charge in [0.25, 0.3) is 0 Å². The van der Waals surface area contributed by atoms with Crippen LogP contribution in [0.1, 0.15) is 29.0 Å². The third-order valence-electron chi connectivity index (χ3n) is 5.88. The van der Waals surface area contributed by atoms with Crippen molar-refractivity contribution in [2.45, 2.75) is 31.5 Å². The van der Waals surface area contributed by atoms with Crippen molar-refractivity contribution in [3.8, 4) is 5.75 Å². The summed E-state index contributed by atoms with van der Waals surface area (Å²) in [6, 6.07) is 30.6. The summed E-state index contributed by atoms with van der Waals surface area (Å²) >= 11 is 0. The van der Waals surface area contributed by atoms with Crippen LogP contribution in [-0.2, 0) is 13.1 Å². The number of hydrogen-bond acceptors (Lipinski definition) is 3. The highest BCUT2D eigenvalue weighted by atomic mass is 16.5. The van der Waals surface area contributed by atoms with Crippen molar-refractivity contribution in [2.24, 2.45) is 0 Å². The van der Waals surface area contributed by atoms with Gasteiger partial charge in [-0.05, 0) is 35.2 Å². The van der Waals surface area contributed by atoms with E-state index in [9.17, 15) is 0 Å².